The first-order valence-electron chi connectivity index (χ1n) is 10.2. The molecule has 6 aromatic rings. The number of aromatic nitrogens is 1. The first-order chi connectivity index (χ1) is 15.2. The maximum Gasteiger partial charge on any atom is 0.0547 e. The third-order valence-corrected chi connectivity index (χ3v) is 6.79. The van der Waals surface area contributed by atoms with Gasteiger partial charge in [0, 0.05) is 25.1 Å². The van der Waals surface area contributed by atoms with E-state index in [1.165, 1.54) is 49.4 Å². The van der Waals surface area contributed by atoms with Gasteiger partial charge in [-0.15, -0.1) is 0 Å². The van der Waals surface area contributed by atoms with Gasteiger partial charge in [0.2, 0.25) is 0 Å². The van der Waals surface area contributed by atoms with Crippen molar-refractivity contribution in [3.05, 3.63) is 112 Å². The Morgan fingerprint density at radius 2 is 1.16 bits per heavy atom. The summed E-state index contributed by atoms with van der Waals surface area (Å²) in [5.74, 6) is 0. The van der Waals surface area contributed by atoms with Crippen LogP contribution in [0.15, 0.2) is 112 Å². The van der Waals surface area contributed by atoms with Crippen LogP contribution in [-0.4, -0.2) is 4.57 Å². The van der Waals surface area contributed by atoms with Gasteiger partial charge in [0.1, 0.15) is 0 Å². The number of rotatable bonds is 2. The second-order valence-corrected chi connectivity index (χ2v) is 9.57. The molecule has 0 spiro atoms. The number of fused-ring (bicyclic) bond motifs is 4. The average Bonchev–Trinajstić information content (AvgIpc) is 3.11. The number of hydrogen-bond donors (Lipinski definition) is 0. The number of halogens is 2. The zero-order valence-electron chi connectivity index (χ0n) is 16.5. The molecule has 1 nitrogen and oxygen atoms in total. The van der Waals surface area contributed by atoms with Crippen LogP contribution in [0, 0.1) is 0 Å². The Balaban J connectivity index is 1.73. The Morgan fingerprint density at radius 3 is 2.00 bits per heavy atom. The predicted molar refractivity (Wildman–Crippen MR) is 139 cm³/mol. The van der Waals surface area contributed by atoms with Gasteiger partial charge in [-0.2, -0.15) is 0 Å². The summed E-state index contributed by atoms with van der Waals surface area (Å²) in [5.41, 5.74) is 6.01. The van der Waals surface area contributed by atoms with Gasteiger partial charge in [-0.1, -0.05) is 98.6 Å². The first-order valence-corrected chi connectivity index (χ1v) is 11.8. The van der Waals surface area contributed by atoms with Crippen LogP contribution in [0.25, 0.3) is 49.4 Å². The van der Waals surface area contributed by atoms with Gasteiger partial charge in [0.05, 0.1) is 16.7 Å². The molecule has 148 valence electrons. The van der Waals surface area contributed by atoms with Gasteiger partial charge in [0.15, 0.2) is 0 Å². The van der Waals surface area contributed by atoms with Crippen molar-refractivity contribution in [3.63, 3.8) is 0 Å². The quantitative estimate of drug-likeness (QED) is 0.212. The molecule has 1 heterocycles. The second kappa shape index (κ2) is 7.37. The number of hydrogen-bond acceptors (Lipinski definition) is 0. The zero-order valence-corrected chi connectivity index (χ0v) is 19.7. The normalized spacial score (nSPS) is 11.5. The standard InChI is InChI=1S/C28H17Br2N/c29-21-14-20(15-22(30)17-21)19-12-13-25-24-9-3-4-10-27(24)31(28(25)16-19)26-11-5-7-18-6-1-2-8-23(18)26/h1-17H. The highest BCUT2D eigenvalue weighted by molar-refractivity contribution is 9.11. The lowest BCUT2D eigenvalue weighted by Gasteiger charge is -2.12. The average molecular weight is 527 g/mol. The van der Waals surface area contributed by atoms with Gasteiger partial charge in [0.25, 0.3) is 0 Å². The lowest BCUT2D eigenvalue weighted by atomic mass is 10.0. The van der Waals surface area contributed by atoms with Crippen LogP contribution in [0.1, 0.15) is 0 Å². The fourth-order valence-electron chi connectivity index (χ4n) is 4.53. The Kier molecular flexibility index (Phi) is 4.48. The summed E-state index contributed by atoms with van der Waals surface area (Å²) in [6, 6.07) is 37.0. The summed E-state index contributed by atoms with van der Waals surface area (Å²) < 4.78 is 4.53. The van der Waals surface area contributed by atoms with Crippen molar-refractivity contribution in [2.75, 3.05) is 0 Å². The molecule has 0 unspecified atom stereocenters. The molecule has 1 aromatic heterocycles. The molecule has 0 saturated heterocycles. The van der Waals surface area contributed by atoms with E-state index in [-0.39, 0.29) is 0 Å². The Morgan fingerprint density at radius 1 is 0.484 bits per heavy atom. The largest absolute Gasteiger partial charge is 0.309 e. The van der Waals surface area contributed by atoms with E-state index in [0.717, 1.165) is 8.95 Å². The third kappa shape index (κ3) is 3.12. The van der Waals surface area contributed by atoms with Crippen LogP contribution < -0.4 is 0 Å². The van der Waals surface area contributed by atoms with Crippen LogP contribution in [-0.2, 0) is 0 Å². The van der Waals surface area contributed by atoms with Gasteiger partial charge >= 0.3 is 0 Å². The summed E-state index contributed by atoms with van der Waals surface area (Å²) in [7, 11) is 0. The second-order valence-electron chi connectivity index (χ2n) is 7.74. The highest BCUT2D eigenvalue weighted by Gasteiger charge is 2.15. The Hall–Kier alpha value is -2.88. The molecule has 3 heteroatoms. The van der Waals surface area contributed by atoms with Crippen molar-refractivity contribution >= 4 is 64.4 Å². The molecular formula is C28H17Br2N. The Bertz CT molecular complexity index is 1590. The van der Waals surface area contributed by atoms with Crippen LogP contribution >= 0.6 is 31.9 Å². The molecular weight excluding hydrogens is 510 g/mol. The lowest BCUT2D eigenvalue weighted by molar-refractivity contribution is 1.20. The van der Waals surface area contributed by atoms with E-state index >= 15 is 0 Å². The molecule has 0 amide bonds. The fraction of sp³-hybridized carbons (Fsp3) is 0. The summed E-state index contributed by atoms with van der Waals surface area (Å²) >= 11 is 7.26. The molecule has 31 heavy (non-hydrogen) atoms. The summed E-state index contributed by atoms with van der Waals surface area (Å²) in [6.45, 7) is 0. The molecule has 0 aliphatic carbocycles. The SMILES string of the molecule is Brc1cc(Br)cc(-c2ccc3c4ccccc4n(-c4cccc5ccccc45)c3c2)c1. The predicted octanol–water partition coefficient (Wildman–Crippen LogP) is 9.13. The van der Waals surface area contributed by atoms with Crippen LogP contribution in [0.2, 0.25) is 0 Å². The maximum atomic E-state index is 3.63. The number of para-hydroxylation sites is 1. The molecule has 0 fully saturated rings. The first kappa shape index (κ1) is 18.9. The minimum Gasteiger partial charge on any atom is -0.309 e. The molecule has 0 N–H and O–H groups in total. The molecule has 0 aliphatic rings. The van der Waals surface area contributed by atoms with E-state index < -0.39 is 0 Å². The van der Waals surface area contributed by atoms with Crippen molar-refractivity contribution in [1.82, 2.24) is 4.57 Å². The molecule has 0 atom stereocenters. The zero-order chi connectivity index (χ0) is 20.9. The lowest BCUT2D eigenvalue weighted by Crippen LogP contribution is -1.95. The third-order valence-electron chi connectivity index (χ3n) is 5.88. The molecule has 5 aromatic carbocycles. The molecule has 0 radical (unpaired) electrons. The molecule has 0 bridgehead atoms. The number of benzene rings is 5. The van der Waals surface area contributed by atoms with Crippen molar-refractivity contribution < 1.29 is 0 Å². The molecule has 0 saturated carbocycles. The maximum absolute atomic E-state index is 3.63. The van der Waals surface area contributed by atoms with Crippen LogP contribution in [0.3, 0.4) is 0 Å². The smallest absolute Gasteiger partial charge is 0.0547 e. The fourth-order valence-corrected chi connectivity index (χ4v) is 5.83. The summed E-state index contributed by atoms with van der Waals surface area (Å²) in [4.78, 5) is 0. The summed E-state index contributed by atoms with van der Waals surface area (Å²) in [5, 5.41) is 5.04. The molecule has 6 rings (SSSR count). The van der Waals surface area contributed by atoms with E-state index in [2.05, 4.69) is 140 Å². The van der Waals surface area contributed by atoms with Gasteiger partial charge < -0.3 is 4.57 Å². The highest BCUT2D eigenvalue weighted by Crippen LogP contribution is 2.37. The van der Waals surface area contributed by atoms with Crippen molar-refractivity contribution in [3.8, 4) is 16.8 Å². The minimum absolute atomic E-state index is 1.06. The van der Waals surface area contributed by atoms with Crippen molar-refractivity contribution in [1.29, 1.82) is 0 Å². The minimum atomic E-state index is 1.06. The van der Waals surface area contributed by atoms with E-state index in [0.29, 0.717) is 0 Å². The van der Waals surface area contributed by atoms with Gasteiger partial charge in [-0.25, -0.2) is 0 Å². The monoisotopic (exact) mass is 525 g/mol. The van der Waals surface area contributed by atoms with E-state index in [9.17, 15) is 0 Å². The highest BCUT2D eigenvalue weighted by atomic mass is 79.9. The van der Waals surface area contributed by atoms with E-state index in [1.54, 1.807) is 0 Å². The number of nitrogens with zero attached hydrogens (tertiary/aromatic N) is 1. The summed E-state index contributed by atoms with van der Waals surface area (Å²) in [6.07, 6.45) is 0. The van der Waals surface area contributed by atoms with Crippen molar-refractivity contribution in [2.24, 2.45) is 0 Å². The van der Waals surface area contributed by atoms with E-state index in [4.69, 9.17) is 0 Å². The molecule has 0 aliphatic heterocycles. The Labute approximate surface area is 197 Å². The van der Waals surface area contributed by atoms with Gasteiger partial charge in [-0.05, 0) is 52.9 Å². The van der Waals surface area contributed by atoms with Crippen molar-refractivity contribution in [2.45, 2.75) is 0 Å². The van der Waals surface area contributed by atoms with Crippen LogP contribution in [0.5, 0.6) is 0 Å². The van der Waals surface area contributed by atoms with Gasteiger partial charge in [-0.3, -0.25) is 0 Å². The topological polar surface area (TPSA) is 4.93 Å². The van der Waals surface area contributed by atoms with Crippen LogP contribution in [0.4, 0.5) is 0 Å². The van der Waals surface area contributed by atoms with E-state index in [1.807, 2.05) is 0 Å².